The van der Waals surface area contributed by atoms with Crippen molar-refractivity contribution in [3.8, 4) is 0 Å². The third-order valence-corrected chi connectivity index (χ3v) is 11.1. The van der Waals surface area contributed by atoms with Crippen LogP contribution >= 0.6 is 16.3 Å². The van der Waals surface area contributed by atoms with Gasteiger partial charge in [-0.3, -0.25) is 0 Å². The molecule has 2 N–H and O–H groups in total. The predicted octanol–water partition coefficient (Wildman–Crippen LogP) is 8.88. The van der Waals surface area contributed by atoms with E-state index in [0.29, 0.717) is 24.9 Å². The number of rotatable bonds is 12. The number of nitrogens with zero attached hydrogens (tertiary/aromatic N) is 2. The maximum absolute atomic E-state index is 8.12. The van der Waals surface area contributed by atoms with Gasteiger partial charge in [-0.25, -0.2) is 0 Å². The van der Waals surface area contributed by atoms with Gasteiger partial charge in [0.25, 0.3) is 0 Å². The Morgan fingerprint density at radius 2 is 1.22 bits per heavy atom. The number of ether oxygens (including phenoxy) is 6. The first kappa shape index (κ1) is 36.9. The Morgan fingerprint density at radius 1 is 0.644 bits per heavy atom. The van der Waals surface area contributed by atoms with Crippen molar-refractivity contribution in [3.05, 3.63) is 35.9 Å². The molecule has 3 heterocycles. The van der Waals surface area contributed by atoms with Crippen LogP contribution in [0.2, 0.25) is 0 Å². The van der Waals surface area contributed by atoms with E-state index in [9.17, 15) is 0 Å². The van der Waals surface area contributed by atoms with Gasteiger partial charge in [0.2, 0.25) is 0 Å². The summed E-state index contributed by atoms with van der Waals surface area (Å²) < 4.78 is 49.5. The van der Waals surface area contributed by atoms with Crippen molar-refractivity contribution >= 4 is 16.3 Å². The fourth-order valence-corrected chi connectivity index (χ4v) is 8.17. The number of benzene rings is 1. The molecule has 15 atom stereocenters. The first-order chi connectivity index (χ1) is 21.7. The van der Waals surface area contributed by atoms with Crippen LogP contribution in [0.1, 0.15) is 80.2 Å². The molecule has 0 aliphatic carbocycles. The van der Waals surface area contributed by atoms with E-state index in [0.717, 1.165) is 18.4 Å². The average Bonchev–Trinajstić information content (AvgIpc) is 3.05. The number of nitrogens with one attached hydrogen (secondary N) is 2. The molecule has 250 valence electrons. The van der Waals surface area contributed by atoms with E-state index in [4.69, 9.17) is 43.5 Å². The summed E-state index contributed by atoms with van der Waals surface area (Å²) in [5, 5.41) is 15.8. The van der Waals surface area contributed by atoms with Gasteiger partial charge in [0, 0.05) is 0 Å². The molecule has 1 aromatic carbocycles. The Hall–Kier alpha value is -0.960. The molecule has 45 heavy (non-hydrogen) atoms. The van der Waals surface area contributed by atoms with Gasteiger partial charge in [-0.2, -0.15) is 0 Å². The standard InChI is InChI=1S/C33H54N4O6P2/c1-9-24-19(5)18(4)20(6)32(40-24)43-30-26(11-3)41-33(28(37-45-35)31(30)38-17-23-15-13-12-14-16-23)42-29-21(7)27(36-44-34)22(8)39-25(29)10-2/h12-16,18-22,24-35H,9-11,17H2,1-8H3/q+2/t18-,19+,20?,21+,22-,24?,25?,26?,27?,28?,29+,30+,31?,32-,33+/m0/s1. The van der Waals surface area contributed by atoms with Crippen molar-refractivity contribution in [1.82, 2.24) is 0 Å². The quantitative estimate of drug-likeness (QED) is 0.215. The molecule has 1 aromatic rings. The summed E-state index contributed by atoms with van der Waals surface area (Å²) in [6.07, 6.45) is -0.685. The molecule has 0 saturated carbocycles. The third kappa shape index (κ3) is 8.56. The fourth-order valence-electron chi connectivity index (χ4n) is 7.26. The number of hydrogen-bond donors (Lipinski definition) is 2. The Bertz CT molecular complexity index is 1170. The predicted molar refractivity (Wildman–Crippen MR) is 176 cm³/mol. The molecule has 0 amide bonds. The molecular weight excluding hydrogens is 610 g/mol. The van der Waals surface area contributed by atoms with Gasteiger partial charge in [0.05, 0.1) is 0 Å². The topological polar surface area (TPSA) is 128 Å². The maximum atomic E-state index is 8.12. The molecule has 0 spiro atoms. The Kier molecular flexibility index (Phi) is 14.3. The van der Waals surface area contributed by atoms with Crippen LogP contribution in [0.4, 0.5) is 0 Å². The molecule has 0 aromatic heterocycles. The zero-order chi connectivity index (χ0) is 32.7. The SMILES string of the molecule is CCC1O[C@H](O[C@H]2C(CC)O[C@@H](C)C(N=[P+]=N)[C@H]2C)C(N=[P+]=N)C(OCc2ccccc2)[C@@H]1O[C@@H]1OC(CC)[C@H](C)[C@H](C)C1C. The van der Waals surface area contributed by atoms with Gasteiger partial charge in [-0.1, -0.05) is 0 Å². The normalized spacial score (nSPS) is 42.1. The molecular formula is C33H54N4O6P2+2. The van der Waals surface area contributed by atoms with Crippen LogP contribution in [0.25, 0.3) is 0 Å². The fraction of sp³-hybridized carbons (Fsp3) is 0.818. The van der Waals surface area contributed by atoms with E-state index >= 15 is 0 Å². The van der Waals surface area contributed by atoms with Crippen LogP contribution in [0, 0.1) is 34.0 Å². The first-order valence-corrected chi connectivity index (χ1v) is 18.4. The van der Waals surface area contributed by atoms with Gasteiger partial charge in [-0.15, -0.1) is 0 Å². The van der Waals surface area contributed by atoms with E-state index in [1.165, 1.54) is 0 Å². The van der Waals surface area contributed by atoms with Crippen LogP contribution < -0.4 is 0 Å². The van der Waals surface area contributed by atoms with E-state index in [2.05, 4.69) is 53.2 Å². The molecule has 3 saturated heterocycles. The van der Waals surface area contributed by atoms with Gasteiger partial charge in [0.15, 0.2) is 0 Å². The molecule has 12 heteroatoms. The van der Waals surface area contributed by atoms with Crippen molar-refractivity contribution in [2.75, 3.05) is 0 Å². The van der Waals surface area contributed by atoms with Gasteiger partial charge in [-0.05, 0) is 0 Å². The Labute approximate surface area is 272 Å². The summed E-state index contributed by atoms with van der Waals surface area (Å²) in [6.45, 7) is 17.6. The average molecular weight is 665 g/mol. The molecule has 7 unspecified atom stereocenters. The van der Waals surface area contributed by atoms with E-state index in [1.807, 2.05) is 37.3 Å². The van der Waals surface area contributed by atoms with Crippen LogP contribution in [0.5, 0.6) is 0 Å². The van der Waals surface area contributed by atoms with Crippen LogP contribution in [0.15, 0.2) is 39.8 Å². The molecule has 0 bridgehead atoms. The molecule has 3 aliphatic heterocycles. The van der Waals surface area contributed by atoms with Crippen molar-refractivity contribution in [1.29, 1.82) is 10.3 Å². The van der Waals surface area contributed by atoms with Crippen LogP contribution in [0.3, 0.4) is 0 Å². The van der Waals surface area contributed by atoms with E-state index in [1.54, 1.807) is 0 Å². The van der Waals surface area contributed by atoms with Crippen LogP contribution in [-0.4, -0.2) is 67.4 Å². The van der Waals surface area contributed by atoms with E-state index < -0.39 is 30.8 Å². The van der Waals surface area contributed by atoms with Crippen molar-refractivity contribution in [3.63, 3.8) is 0 Å². The second-order valence-electron chi connectivity index (χ2n) is 13.0. The second kappa shape index (κ2) is 17.4. The zero-order valence-electron chi connectivity index (χ0n) is 28.1. The van der Waals surface area contributed by atoms with Crippen LogP contribution in [-0.2, 0) is 35.0 Å². The summed E-state index contributed by atoms with van der Waals surface area (Å²) in [5.41, 5.74) is 1.04. The molecule has 4 rings (SSSR count). The third-order valence-electron chi connectivity index (χ3n) is 10.3. The monoisotopic (exact) mass is 664 g/mol. The summed E-state index contributed by atoms with van der Waals surface area (Å²) in [4.78, 5) is 0. The Balaban J connectivity index is 1.68. The minimum atomic E-state index is -0.770. The van der Waals surface area contributed by atoms with E-state index in [-0.39, 0.29) is 64.7 Å². The molecule has 0 radical (unpaired) electrons. The van der Waals surface area contributed by atoms with Crippen molar-refractivity contribution in [2.24, 2.45) is 33.2 Å². The van der Waals surface area contributed by atoms with Crippen molar-refractivity contribution < 1.29 is 28.4 Å². The first-order valence-electron chi connectivity index (χ1n) is 16.7. The summed E-state index contributed by atoms with van der Waals surface area (Å²) in [6, 6.07) is 9.28. The summed E-state index contributed by atoms with van der Waals surface area (Å²) in [7, 11) is 0.337. The summed E-state index contributed by atoms with van der Waals surface area (Å²) >= 11 is 0. The number of hydrogen-bond acceptors (Lipinski definition) is 10. The molecule has 3 fully saturated rings. The zero-order valence-corrected chi connectivity index (χ0v) is 29.9. The van der Waals surface area contributed by atoms with Gasteiger partial charge < -0.3 is 0 Å². The van der Waals surface area contributed by atoms with Gasteiger partial charge >= 0.3 is 273 Å². The molecule has 3 aliphatic rings. The minimum absolute atomic E-state index is 0.00182. The van der Waals surface area contributed by atoms with Crippen molar-refractivity contribution in [2.45, 2.75) is 149 Å². The second-order valence-corrected chi connectivity index (χ2v) is 13.9. The summed E-state index contributed by atoms with van der Waals surface area (Å²) in [5.74, 6) is 1.03. The Morgan fingerprint density at radius 3 is 1.84 bits per heavy atom. The van der Waals surface area contributed by atoms with Gasteiger partial charge in [0.1, 0.15) is 0 Å². The molecule has 10 nitrogen and oxygen atoms in total.